The molecule has 2 nitrogen and oxygen atoms in total. The summed E-state index contributed by atoms with van der Waals surface area (Å²) in [5.74, 6) is -0.0590. The van der Waals surface area contributed by atoms with Crippen molar-refractivity contribution >= 4 is 11.1 Å². The van der Waals surface area contributed by atoms with Crippen LogP contribution in [0.5, 0.6) is 0 Å². The van der Waals surface area contributed by atoms with Gasteiger partial charge in [0.25, 0.3) is 0 Å². The van der Waals surface area contributed by atoms with E-state index in [-0.39, 0.29) is 41.7 Å². The van der Waals surface area contributed by atoms with Crippen LogP contribution in [0.2, 0.25) is 0 Å². The Morgan fingerprint density at radius 2 is 2.12 bits per heavy atom. The Morgan fingerprint density at radius 1 is 1.62 bits per heavy atom. The zero-order valence-corrected chi connectivity index (χ0v) is 7.54. The van der Waals surface area contributed by atoms with Crippen LogP contribution in [-0.2, 0) is 11.1 Å². The first-order valence-corrected chi connectivity index (χ1v) is 3.13. The molecule has 0 aromatic heterocycles. The fourth-order valence-electron chi connectivity index (χ4n) is 0.172. The Labute approximate surface area is 72.4 Å². The summed E-state index contributed by atoms with van der Waals surface area (Å²) < 4.78 is 30.3. The van der Waals surface area contributed by atoms with Crippen molar-refractivity contribution in [2.75, 3.05) is 12.4 Å². The molecule has 5 heteroatoms. The molecule has 1 unspecified atom stereocenters. The van der Waals surface area contributed by atoms with Gasteiger partial charge < -0.3 is 4.55 Å². The second kappa shape index (κ2) is 8.04. The van der Waals surface area contributed by atoms with Crippen molar-refractivity contribution in [1.29, 1.82) is 0 Å². The fraction of sp³-hybridized carbons (Fsp3) is 1.00. The van der Waals surface area contributed by atoms with Crippen molar-refractivity contribution in [3.63, 3.8) is 0 Å². The van der Waals surface area contributed by atoms with Gasteiger partial charge in [-0.1, -0.05) is 11.1 Å². The minimum Gasteiger partial charge on any atom is -0.772 e. The largest absolute Gasteiger partial charge is 1.00 e. The first-order valence-electron chi connectivity index (χ1n) is 1.89. The molecular weight excluding hydrogens is 142 g/mol. The SMILES string of the molecule is O=S([O-])CCCF.[Na+]. The van der Waals surface area contributed by atoms with E-state index in [4.69, 9.17) is 0 Å². The molecule has 0 saturated carbocycles. The summed E-state index contributed by atoms with van der Waals surface area (Å²) >= 11 is -2.06. The molecule has 1 atom stereocenters. The molecule has 0 spiro atoms. The van der Waals surface area contributed by atoms with Gasteiger partial charge in [0, 0.05) is 5.75 Å². The maximum Gasteiger partial charge on any atom is 1.00 e. The van der Waals surface area contributed by atoms with E-state index in [1.165, 1.54) is 0 Å². The molecular formula is C3H6FNaO2S. The minimum absolute atomic E-state index is 0. The average molecular weight is 148 g/mol. The molecule has 0 heterocycles. The van der Waals surface area contributed by atoms with Crippen LogP contribution in [0.4, 0.5) is 4.39 Å². The van der Waals surface area contributed by atoms with Crippen LogP contribution < -0.4 is 29.6 Å². The molecule has 8 heavy (non-hydrogen) atoms. The Hall–Kier alpha value is 1.04. The van der Waals surface area contributed by atoms with Gasteiger partial charge in [-0.05, 0) is 6.42 Å². The van der Waals surface area contributed by atoms with E-state index in [1.807, 2.05) is 0 Å². The van der Waals surface area contributed by atoms with Crippen LogP contribution in [0.1, 0.15) is 6.42 Å². The number of hydrogen-bond acceptors (Lipinski definition) is 2. The first-order chi connectivity index (χ1) is 3.27. The van der Waals surface area contributed by atoms with Crippen molar-refractivity contribution < 1.29 is 42.7 Å². The molecule has 0 bridgehead atoms. The van der Waals surface area contributed by atoms with Crippen LogP contribution in [0.15, 0.2) is 0 Å². The number of alkyl halides is 1. The third-order valence-corrected chi connectivity index (χ3v) is 1.07. The summed E-state index contributed by atoms with van der Waals surface area (Å²) in [6.45, 7) is -0.548. The van der Waals surface area contributed by atoms with E-state index in [0.717, 1.165) is 0 Å². The van der Waals surface area contributed by atoms with Crippen molar-refractivity contribution in [1.82, 2.24) is 0 Å². The predicted octanol–water partition coefficient (Wildman–Crippen LogP) is -2.77. The fourth-order valence-corrected chi connectivity index (χ4v) is 0.517. The van der Waals surface area contributed by atoms with E-state index in [1.54, 1.807) is 0 Å². The van der Waals surface area contributed by atoms with Gasteiger partial charge in [-0.2, -0.15) is 0 Å². The van der Waals surface area contributed by atoms with E-state index in [0.29, 0.717) is 0 Å². The molecule has 0 radical (unpaired) electrons. The van der Waals surface area contributed by atoms with E-state index >= 15 is 0 Å². The van der Waals surface area contributed by atoms with Crippen molar-refractivity contribution in [2.24, 2.45) is 0 Å². The maximum atomic E-state index is 11.1. The molecule has 0 N–H and O–H groups in total. The summed E-state index contributed by atoms with van der Waals surface area (Å²) in [5, 5.41) is 0. The second-order valence-electron chi connectivity index (χ2n) is 1.05. The first kappa shape index (κ1) is 11.8. The van der Waals surface area contributed by atoms with Gasteiger partial charge in [0.15, 0.2) is 0 Å². The molecule has 44 valence electrons. The Kier molecular flexibility index (Phi) is 11.8. The van der Waals surface area contributed by atoms with Gasteiger partial charge in [0.05, 0.1) is 6.67 Å². The molecule has 0 amide bonds. The predicted molar refractivity (Wildman–Crippen MR) is 24.4 cm³/mol. The molecule has 0 aromatic rings. The average Bonchev–Trinajstić information content (AvgIpc) is 1.61. The summed E-state index contributed by atoms with van der Waals surface area (Å²) in [7, 11) is 0. The summed E-state index contributed by atoms with van der Waals surface area (Å²) in [6.07, 6.45) is 0.121. The minimum atomic E-state index is -2.06. The summed E-state index contributed by atoms with van der Waals surface area (Å²) in [4.78, 5) is 0. The van der Waals surface area contributed by atoms with Crippen molar-refractivity contribution in [2.45, 2.75) is 6.42 Å². The van der Waals surface area contributed by atoms with Crippen LogP contribution in [0.25, 0.3) is 0 Å². The molecule has 0 aliphatic heterocycles. The summed E-state index contributed by atoms with van der Waals surface area (Å²) in [5.41, 5.74) is 0. The van der Waals surface area contributed by atoms with Gasteiger partial charge in [-0.25, -0.2) is 0 Å². The quantitative estimate of drug-likeness (QED) is 0.321. The standard InChI is InChI=1S/C3H7FO2S.Na/c4-2-1-3-7(5)6;/h1-3H2,(H,5,6);/q;+1/p-1. The van der Waals surface area contributed by atoms with Crippen molar-refractivity contribution in [3.8, 4) is 0 Å². The normalized spacial score (nSPS) is 12.2. The number of hydrogen-bond donors (Lipinski definition) is 0. The van der Waals surface area contributed by atoms with Gasteiger partial charge in [0.2, 0.25) is 0 Å². The second-order valence-corrected chi connectivity index (χ2v) is 2.07. The van der Waals surface area contributed by atoms with Gasteiger partial charge in [-0.3, -0.25) is 8.60 Å². The molecule has 0 fully saturated rings. The molecule has 0 aliphatic carbocycles. The van der Waals surface area contributed by atoms with Crippen LogP contribution in [0, 0.1) is 0 Å². The molecule has 0 saturated heterocycles. The van der Waals surface area contributed by atoms with Gasteiger partial charge >= 0.3 is 29.6 Å². The number of rotatable bonds is 3. The van der Waals surface area contributed by atoms with E-state index in [2.05, 4.69) is 0 Å². The van der Waals surface area contributed by atoms with Gasteiger partial charge in [0.1, 0.15) is 0 Å². The zero-order valence-electron chi connectivity index (χ0n) is 4.72. The van der Waals surface area contributed by atoms with Crippen LogP contribution >= 0.6 is 0 Å². The summed E-state index contributed by atoms with van der Waals surface area (Å²) in [6, 6.07) is 0. The molecule has 0 aliphatic rings. The van der Waals surface area contributed by atoms with E-state index < -0.39 is 17.8 Å². The topological polar surface area (TPSA) is 40.1 Å². The third-order valence-electron chi connectivity index (χ3n) is 0.445. The third kappa shape index (κ3) is 10.1. The smallest absolute Gasteiger partial charge is 0.772 e. The van der Waals surface area contributed by atoms with Crippen LogP contribution in [0.3, 0.4) is 0 Å². The Bertz CT molecular complexity index is 70.3. The maximum absolute atomic E-state index is 11.1. The monoisotopic (exact) mass is 148 g/mol. The number of halogens is 1. The molecule has 0 aromatic carbocycles. The Morgan fingerprint density at radius 3 is 2.25 bits per heavy atom. The Balaban J connectivity index is 0. The van der Waals surface area contributed by atoms with Crippen LogP contribution in [-0.4, -0.2) is 21.2 Å². The van der Waals surface area contributed by atoms with Crippen molar-refractivity contribution in [3.05, 3.63) is 0 Å². The zero-order chi connectivity index (χ0) is 5.70. The van der Waals surface area contributed by atoms with Gasteiger partial charge in [-0.15, -0.1) is 0 Å². The van der Waals surface area contributed by atoms with E-state index in [9.17, 15) is 13.2 Å². The molecule has 0 rings (SSSR count).